The molecule has 2 rings (SSSR count). The van der Waals surface area contributed by atoms with Gasteiger partial charge in [0.2, 0.25) is 0 Å². The molecule has 2 atom stereocenters. The molecule has 1 aliphatic heterocycles. The summed E-state index contributed by atoms with van der Waals surface area (Å²) >= 11 is 0. The van der Waals surface area contributed by atoms with Crippen LogP contribution in [0.5, 0.6) is 0 Å². The molecule has 0 saturated carbocycles. The van der Waals surface area contributed by atoms with E-state index in [9.17, 15) is 0 Å². The number of rotatable bonds is 6. The fourth-order valence-electron chi connectivity index (χ4n) is 3.36. The maximum absolute atomic E-state index is 6.03. The molecule has 1 aliphatic rings. The number of hydrogen-bond acceptors (Lipinski definition) is 3. The molecule has 1 aromatic heterocycles. The minimum absolute atomic E-state index is 0.806. The predicted octanol–water partition coefficient (Wildman–Crippen LogP) is 3.57. The third-order valence-corrected chi connectivity index (χ3v) is 4.11. The SMILES string of the molecule is CCCNCc1oc(CN2CC(C)CC(C)C2)cc1C. The van der Waals surface area contributed by atoms with Crippen molar-refractivity contribution >= 4 is 0 Å². The molecule has 3 heteroatoms. The van der Waals surface area contributed by atoms with Gasteiger partial charge in [-0.3, -0.25) is 4.90 Å². The van der Waals surface area contributed by atoms with Gasteiger partial charge in [-0.1, -0.05) is 20.8 Å². The van der Waals surface area contributed by atoms with E-state index in [4.69, 9.17) is 4.42 Å². The maximum atomic E-state index is 6.03. The van der Waals surface area contributed by atoms with Crippen molar-refractivity contribution in [1.82, 2.24) is 10.2 Å². The topological polar surface area (TPSA) is 28.4 Å². The van der Waals surface area contributed by atoms with Crippen LogP contribution in [-0.2, 0) is 13.1 Å². The zero-order valence-corrected chi connectivity index (χ0v) is 13.5. The summed E-state index contributed by atoms with van der Waals surface area (Å²) in [6.07, 6.45) is 2.52. The minimum atomic E-state index is 0.806. The van der Waals surface area contributed by atoms with Gasteiger partial charge < -0.3 is 9.73 Å². The Morgan fingerprint density at radius 1 is 1.30 bits per heavy atom. The molecule has 1 aromatic rings. The molecular formula is C17H30N2O. The standard InChI is InChI=1S/C17H30N2O/c1-5-6-18-9-17-15(4)8-16(20-17)12-19-10-13(2)7-14(3)11-19/h8,13-14,18H,5-7,9-12H2,1-4H3. The number of furan rings is 1. The van der Waals surface area contributed by atoms with Crippen molar-refractivity contribution in [1.29, 1.82) is 0 Å². The van der Waals surface area contributed by atoms with Crippen molar-refractivity contribution in [2.45, 2.75) is 53.6 Å². The summed E-state index contributed by atoms with van der Waals surface area (Å²) in [5.41, 5.74) is 1.28. The fraction of sp³-hybridized carbons (Fsp3) is 0.765. The number of nitrogens with zero attached hydrogens (tertiary/aromatic N) is 1. The first-order valence-corrected chi connectivity index (χ1v) is 8.09. The fourth-order valence-corrected chi connectivity index (χ4v) is 3.36. The van der Waals surface area contributed by atoms with E-state index in [0.717, 1.165) is 49.4 Å². The molecule has 0 aromatic carbocycles. The zero-order chi connectivity index (χ0) is 14.5. The van der Waals surface area contributed by atoms with Crippen molar-refractivity contribution in [3.8, 4) is 0 Å². The predicted molar refractivity (Wildman–Crippen MR) is 83.7 cm³/mol. The molecule has 1 saturated heterocycles. The highest BCUT2D eigenvalue weighted by atomic mass is 16.3. The Hall–Kier alpha value is -0.800. The second-order valence-electron chi connectivity index (χ2n) is 6.64. The smallest absolute Gasteiger partial charge is 0.120 e. The van der Waals surface area contributed by atoms with Crippen LogP contribution >= 0.6 is 0 Å². The second-order valence-corrected chi connectivity index (χ2v) is 6.64. The van der Waals surface area contributed by atoms with E-state index < -0.39 is 0 Å². The first kappa shape index (κ1) is 15.6. The van der Waals surface area contributed by atoms with Crippen LogP contribution in [0.1, 0.15) is 50.7 Å². The van der Waals surface area contributed by atoms with Crippen LogP contribution in [0.4, 0.5) is 0 Å². The highest BCUT2D eigenvalue weighted by Gasteiger charge is 2.22. The average Bonchev–Trinajstić information content (AvgIpc) is 2.68. The molecule has 1 N–H and O–H groups in total. The van der Waals surface area contributed by atoms with Crippen LogP contribution in [0.25, 0.3) is 0 Å². The van der Waals surface area contributed by atoms with Gasteiger partial charge >= 0.3 is 0 Å². The number of aryl methyl sites for hydroxylation is 1. The van der Waals surface area contributed by atoms with Crippen molar-refractivity contribution in [3.63, 3.8) is 0 Å². The van der Waals surface area contributed by atoms with Crippen LogP contribution in [0.2, 0.25) is 0 Å². The summed E-state index contributed by atoms with van der Waals surface area (Å²) in [6, 6.07) is 2.22. The quantitative estimate of drug-likeness (QED) is 0.806. The largest absolute Gasteiger partial charge is 0.463 e. The van der Waals surface area contributed by atoms with Gasteiger partial charge in [0.05, 0.1) is 13.1 Å². The average molecular weight is 278 g/mol. The van der Waals surface area contributed by atoms with Gasteiger partial charge in [-0.15, -0.1) is 0 Å². The highest BCUT2D eigenvalue weighted by molar-refractivity contribution is 5.20. The lowest BCUT2D eigenvalue weighted by Gasteiger charge is -2.34. The normalized spacial score (nSPS) is 24.2. The summed E-state index contributed by atoms with van der Waals surface area (Å²) in [5.74, 6) is 3.84. The summed E-state index contributed by atoms with van der Waals surface area (Å²) in [7, 11) is 0. The van der Waals surface area contributed by atoms with Gasteiger partial charge in [0, 0.05) is 13.1 Å². The van der Waals surface area contributed by atoms with E-state index >= 15 is 0 Å². The highest BCUT2D eigenvalue weighted by Crippen LogP contribution is 2.24. The Morgan fingerprint density at radius 3 is 2.65 bits per heavy atom. The third kappa shape index (κ3) is 4.35. The van der Waals surface area contributed by atoms with E-state index in [1.54, 1.807) is 0 Å². The molecular weight excluding hydrogens is 248 g/mol. The Labute approximate surface area is 123 Å². The minimum Gasteiger partial charge on any atom is -0.463 e. The van der Waals surface area contributed by atoms with Crippen LogP contribution in [-0.4, -0.2) is 24.5 Å². The monoisotopic (exact) mass is 278 g/mol. The molecule has 2 heterocycles. The van der Waals surface area contributed by atoms with Crippen LogP contribution in [0.15, 0.2) is 10.5 Å². The number of hydrogen-bond donors (Lipinski definition) is 1. The number of likely N-dealkylation sites (tertiary alicyclic amines) is 1. The number of nitrogens with one attached hydrogen (secondary N) is 1. The van der Waals surface area contributed by atoms with E-state index in [1.165, 1.54) is 25.1 Å². The number of piperidine rings is 1. The molecule has 3 nitrogen and oxygen atoms in total. The summed E-state index contributed by atoms with van der Waals surface area (Å²) in [5, 5.41) is 3.42. The molecule has 0 bridgehead atoms. The van der Waals surface area contributed by atoms with Gasteiger partial charge in [0.1, 0.15) is 11.5 Å². The molecule has 2 unspecified atom stereocenters. The van der Waals surface area contributed by atoms with Crippen molar-refractivity contribution < 1.29 is 4.42 Å². The van der Waals surface area contributed by atoms with Gasteiger partial charge in [0.15, 0.2) is 0 Å². The molecule has 1 fully saturated rings. The van der Waals surface area contributed by atoms with E-state index in [2.05, 4.69) is 44.0 Å². The van der Waals surface area contributed by atoms with E-state index in [1.807, 2.05) is 0 Å². The summed E-state index contributed by atoms with van der Waals surface area (Å²) in [4.78, 5) is 2.54. The van der Waals surface area contributed by atoms with Crippen LogP contribution < -0.4 is 5.32 Å². The summed E-state index contributed by atoms with van der Waals surface area (Å²) < 4.78 is 6.03. The first-order valence-electron chi connectivity index (χ1n) is 8.09. The molecule has 0 radical (unpaired) electrons. The lowest BCUT2D eigenvalue weighted by atomic mass is 9.92. The maximum Gasteiger partial charge on any atom is 0.120 e. The van der Waals surface area contributed by atoms with Crippen molar-refractivity contribution in [2.75, 3.05) is 19.6 Å². The van der Waals surface area contributed by atoms with Gasteiger partial charge in [0.25, 0.3) is 0 Å². The lowest BCUT2D eigenvalue weighted by Crippen LogP contribution is -2.37. The van der Waals surface area contributed by atoms with Crippen molar-refractivity contribution in [3.05, 3.63) is 23.2 Å². The Balaban J connectivity index is 1.91. The molecule has 0 spiro atoms. The zero-order valence-electron chi connectivity index (χ0n) is 13.5. The van der Waals surface area contributed by atoms with Gasteiger partial charge in [-0.2, -0.15) is 0 Å². The molecule has 0 amide bonds. The lowest BCUT2D eigenvalue weighted by molar-refractivity contribution is 0.125. The van der Waals surface area contributed by atoms with Gasteiger partial charge in [-0.25, -0.2) is 0 Å². The van der Waals surface area contributed by atoms with E-state index in [0.29, 0.717) is 0 Å². The first-order chi connectivity index (χ1) is 9.58. The van der Waals surface area contributed by atoms with E-state index in [-0.39, 0.29) is 0 Å². The molecule has 0 aliphatic carbocycles. The summed E-state index contributed by atoms with van der Waals surface area (Å²) in [6.45, 7) is 14.3. The Bertz CT molecular complexity index is 403. The second kappa shape index (κ2) is 7.28. The van der Waals surface area contributed by atoms with Crippen LogP contribution in [0, 0.1) is 18.8 Å². The van der Waals surface area contributed by atoms with Crippen molar-refractivity contribution in [2.24, 2.45) is 11.8 Å². The molecule has 20 heavy (non-hydrogen) atoms. The Kier molecular flexibility index (Phi) is 5.67. The molecule has 114 valence electrons. The Morgan fingerprint density at radius 2 is 2.00 bits per heavy atom. The van der Waals surface area contributed by atoms with Crippen LogP contribution in [0.3, 0.4) is 0 Å². The van der Waals surface area contributed by atoms with Gasteiger partial charge in [-0.05, 0) is 49.8 Å². The third-order valence-electron chi connectivity index (χ3n) is 4.11.